The Hall–Kier alpha value is -2.82. The van der Waals surface area contributed by atoms with Gasteiger partial charge in [-0.25, -0.2) is 0 Å². The van der Waals surface area contributed by atoms with E-state index in [2.05, 4.69) is 10.6 Å². The second-order valence-electron chi connectivity index (χ2n) is 7.61. The molecule has 2 amide bonds. The summed E-state index contributed by atoms with van der Waals surface area (Å²) in [5.41, 5.74) is 9.55. The van der Waals surface area contributed by atoms with Gasteiger partial charge < -0.3 is 16.4 Å². The summed E-state index contributed by atoms with van der Waals surface area (Å²) in [6, 6.07) is 14.3. The highest BCUT2D eigenvalue weighted by Crippen LogP contribution is 2.31. The number of nitrogens with two attached hydrogens (primary N) is 1. The molecule has 0 radical (unpaired) electrons. The van der Waals surface area contributed by atoms with Crippen LogP contribution in [0.4, 0.5) is 5.69 Å². The van der Waals surface area contributed by atoms with Gasteiger partial charge in [0.25, 0.3) is 5.91 Å². The largest absolute Gasteiger partial charge is 0.399 e. The van der Waals surface area contributed by atoms with Gasteiger partial charge in [0.15, 0.2) is 0 Å². The number of carbonyl (C=O) groups excluding carboxylic acids is 2. The summed E-state index contributed by atoms with van der Waals surface area (Å²) in [6.07, 6.45) is 3.67. The van der Waals surface area contributed by atoms with Crippen molar-refractivity contribution in [1.82, 2.24) is 10.6 Å². The molecule has 148 valence electrons. The number of anilines is 1. The van der Waals surface area contributed by atoms with Crippen LogP contribution in [-0.4, -0.2) is 17.9 Å². The number of rotatable bonds is 6. The van der Waals surface area contributed by atoms with Gasteiger partial charge in [-0.3, -0.25) is 9.59 Å². The van der Waals surface area contributed by atoms with E-state index in [0.717, 1.165) is 36.9 Å². The van der Waals surface area contributed by atoms with E-state index in [0.29, 0.717) is 5.56 Å². The number of nitrogens with one attached hydrogen (secondary N) is 2. The fraction of sp³-hybridized carbons (Fsp3) is 0.391. The summed E-state index contributed by atoms with van der Waals surface area (Å²) in [7, 11) is 0. The molecule has 3 rings (SSSR count). The Kier molecular flexibility index (Phi) is 6.34. The van der Waals surface area contributed by atoms with Gasteiger partial charge >= 0.3 is 0 Å². The lowest BCUT2D eigenvalue weighted by Gasteiger charge is -2.30. The van der Waals surface area contributed by atoms with E-state index in [1.165, 1.54) is 5.56 Å². The number of hydrogen-bond acceptors (Lipinski definition) is 3. The molecule has 5 heteroatoms. The minimum absolute atomic E-state index is 0.0298. The molecular weight excluding hydrogens is 350 g/mol. The fourth-order valence-corrected chi connectivity index (χ4v) is 3.76. The Morgan fingerprint density at radius 1 is 1.18 bits per heavy atom. The molecule has 0 saturated carbocycles. The number of fused-ring (bicyclic) bond motifs is 1. The lowest BCUT2D eigenvalue weighted by Crippen LogP contribution is -2.51. The van der Waals surface area contributed by atoms with Crippen molar-refractivity contribution in [3.63, 3.8) is 0 Å². The number of hydrogen-bond donors (Lipinski definition) is 3. The Morgan fingerprint density at radius 3 is 2.64 bits per heavy atom. The van der Waals surface area contributed by atoms with E-state index >= 15 is 0 Å². The number of benzene rings is 2. The van der Waals surface area contributed by atoms with Crippen molar-refractivity contribution in [2.24, 2.45) is 5.92 Å². The van der Waals surface area contributed by atoms with E-state index in [1.54, 1.807) is 12.1 Å². The van der Waals surface area contributed by atoms with E-state index < -0.39 is 6.04 Å². The molecule has 0 fully saturated rings. The molecule has 0 aromatic heterocycles. The molecule has 5 nitrogen and oxygen atoms in total. The first kappa shape index (κ1) is 19.9. The smallest absolute Gasteiger partial charge is 0.251 e. The minimum Gasteiger partial charge on any atom is -0.399 e. The topological polar surface area (TPSA) is 84.2 Å². The molecule has 0 bridgehead atoms. The minimum atomic E-state index is -0.572. The molecule has 2 aromatic rings. The zero-order valence-electron chi connectivity index (χ0n) is 16.6. The lowest BCUT2D eigenvalue weighted by molar-refractivity contribution is -0.125. The Morgan fingerprint density at radius 2 is 1.93 bits per heavy atom. The summed E-state index contributed by atoms with van der Waals surface area (Å²) in [5, 5.41) is 6.11. The predicted molar refractivity (Wildman–Crippen MR) is 112 cm³/mol. The third kappa shape index (κ3) is 4.53. The SMILES string of the molecule is CCC(C)C(NC(=O)c1ccccc1)C(=O)NC1CCCc2cc(N)ccc21. The average molecular weight is 380 g/mol. The van der Waals surface area contributed by atoms with Crippen LogP contribution in [0.25, 0.3) is 0 Å². The number of aryl methyl sites for hydroxylation is 1. The maximum atomic E-state index is 13.1. The predicted octanol–water partition coefficient (Wildman–Crippen LogP) is 3.61. The third-order valence-corrected chi connectivity index (χ3v) is 5.62. The zero-order valence-corrected chi connectivity index (χ0v) is 16.6. The lowest BCUT2D eigenvalue weighted by atomic mass is 9.87. The van der Waals surface area contributed by atoms with Gasteiger partial charge in [-0.05, 0) is 60.6 Å². The van der Waals surface area contributed by atoms with Crippen molar-refractivity contribution in [1.29, 1.82) is 0 Å². The van der Waals surface area contributed by atoms with Crippen LogP contribution >= 0.6 is 0 Å². The van der Waals surface area contributed by atoms with Crippen molar-refractivity contribution in [3.8, 4) is 0 Å². The van der Waals surface area contributed by atoms with Crippen molar-refractivity contribution in [3.05, 3.63) is 65.2 Å². The highest BCUT2D eigenvalue weighted by Gasteiger charge is 2.30. The molecule has 3 atom stereocenters. The van der Waals surface area contributed by atoms with Gasteiger partial charge in [0, 0.05) is 11.3 Å². The highest BCUT2D eigenvalue weighted by molar-refractivity contribution is 5.97. The van der Waals surface area contributed by atoms with Crippen LogP contribution in [-0.2, 0) is 11.2 Å². The van der Waals surface area contributed by atoms with Crippen molar-refractivity contribution >= 4 is 17.5 Å². The van der Waals surface area contributed by atoms with Crippen LogP contribution in [0.3, 0.4) is 0 Å². The van der Waals surface area contributed by atoms with Gasteiger partial charge in [-0.2, -0.15) is 0 Å². The molecule has 0 saturated heterocycles. The van der Waals surface area contributed by atoms with Crippen LogP contribution in [0, 0.1) is 5.92 Å². The Labute approximate surface area is 166 Å². The van der Waals surface area contributed by atoms with Crippen molar-refractivity contribution < 1.29 is 9.59 Å². The summed E-state index contributed by atoms with van der Waals surface area (Å²) in [6.45, 7) is 4.02. The number of carbonyl (C=O) groups is 2. The molecule has 3 unspecified atom stereocenters. The maximum Gasteiger partial charge on any atom is 0.251 e. The normalized spacial score (nSPS) is 17.9. The third-order valence-electron chi connectivity index (χ3n) is 5.62. The number of nitrogen functional groups attached to an aromatic ring is 1. The number of amides is 2. The molecule has 28 heavy (non-hydrogen) atoms. The molecule has 0 heterocycles. The first-order chi connectivity index (χ1) is 13.5. The first-order valence-electron chi connectivity index (χ1n) is 10.0. The molecule has 0 aliphatic heterocycles. The molecular formula is C23H29N3O2. The zero-order chi connectivity index (χ0) is 20.1. The van der Waals surface area contributed by atoms with Crippen molar-refractivity contribution in [2.45, 2.75) is 51.6 Å². The summed E-state index contributed by atoms with van der Waals surface area (Å²) >= 11 is 0. The van der Waals surface area contributed by atoms with Gasteiger partial charge in [0.1, 0.15) is 6.04 Å². The molecule has 1 aliphatic rings. The second-order valence-corrected chi connectivity index (χ2v) is 7.61. The molecule has 2 aromatic carbocycles. The van der Waals surface area contributed by atoms with Crippen molar-refractivity contribution in [2.75, 3.05) is 5.73 Å². The van der Waals surface area contributed by atoms with E-state index in [-0.39, 0.29) is 23.8 Å². The Bertz CT molecular complexity index is 835. The van der Waals surface area contributed by atoms with Crippen LogP contribution < -0.4 is 16.4 Å². The molecule has 4 N–H and O–H groups in total. The van der Waals surface area contributed by atoms with E-state index in [1.807, 2.05) is 50.2 Å². The van der Waals surface area contributed by atoms with Crippen LogP contribution in [0.15, 0.2) is 48.5 Å². The van der Waals surface area contributed by atoms with E-state index in [9.17, 15) is 9.59 Å². The Balaban J connectivity index is 1.75. The maximum absolute atomic E-state index is 13.1. The quantitative estimate of drug-likeness (QED) is 0.671. The van der Waals surface area contributed by atoms with Gasteiger partial charge in [0.2, 0.25) is 5.91 Å². The van der Waals surface area contributed by atoms with Crippen LogP contribution in [0.2, 0.25) is 0 Å². The highest BCUT2D eigenvalue weighted by atomic mass is 16.2. The summed E-state index contributed by atoms with van der Waals surface area (Å²) in [5.74, 6) is -0.326. The first-order valence-corrected chi connectivity index (χ1v) is 10.0. The van der Waals surface area contributed by atoms with Gasteiger partial charge in [0.05, 0.1) is 6.04 Å². The molecule has 0 spiro atoms. The van der Waals surface area contributed by atoms with E-state index in [4.69, 9.17) is 5.73 Å². The fourth-order valence-electron chi connectivity index (χ4n) is 3.76. The monoisotopic (exact) mass is 379 g/mol. The van der Waals surface area contributed by atoms with Gasteiger partial charge in [-0.1, -0.05) is 44.5 Å². The standard InChI is InChI=1S/C23H29N3O2/c1-3-15(2)21(26-22(27)16-8-5-4-6-9-16)23(28)25-20-11-7-10-17-14-18(24)12-13-19(17)20/h4-6,8-9,12-15,20-21H,3,7,10-11,24H2,1-2H3,(H,25,28)(H,26,27). The second kappa shape index (κ2) is 8.91. The van der Waals surface area contributed by atoms with Crippen LogP contribution in [0.5, 0.6) is 0 Å². The van der Waals surface area contributed by atoms with Gasteiger partial charge in [-0.15, -0.1) is 0 Å². The summed E-state index contributed by atoms with van der Waals surface area (Å²) < 4.78 is 0. The molecule has 1 aliphatic carbocycles. The summed E-state index contributed by atoms with van der Waals surface area (Å²) in [4.78, 5) is 25.7. The van der Waals surface area contributed by atoms with Crippen LogP contribution in [0.1, 0.15) is 60.6 Å². The average Bonchev–Trinajstić information content (AvgIpc) is 2.71.